The average molecular weight is 442 g/mol. The molecule has 0 aliphatic carbocycles. The Labute approximate surface area is 189 Å². The summed E-state index contributed by atoms with van der Waals surface area (Å²) in [6, 6.07) is 24.9. The lowest BCUT2D eigenvalue weighted by Gasteiger charge is -2.33. The van der Waals surface area contributed by atoms with Crippen molar-refractivity contribution in [3.05, 3.63) is 125 Å². The van der Waals surface area contributed by atoms with Gasteiger partial charge in [-0.25, -0.2) is 13.6 Å². The molecule has 4 aromatic rings. The number of hydrogen-bond acceptors (Lipinski definition) is 4. The molecular formula is C27H20F2N2O2. The number of aryl methyl sites for hydroxylation is 1. The van der Waals surface area contributed by atoms with Gasteiger partial charge >= 0.3 is 5.97 Å². The summed E-state index contributed by atoms with van der Waals surface area (Å²) < 4.78 is 35.1. The highest BCUT2D eigenvalue weighted by atomic mass is 19.1. The Bertz CT molecular complexity index is 1350. The quantitative estimate of drug-likeness (QED) is 0.347. The minimum absolute atomic E-state index is 0.166. The zero-order chi connectivity index (χ0) is 23.0. The second kappa shape index (κ2) is 8.06. The highest BCUT2D eigenvalue weighted by Crippen LogP contribution is 2.47. The molecule has 1 aliphatic heterocycles. The molecule has 2 N–H and O–H groups in total. The lowest BCUT2D eigenvalue weighted by atomic mass is 9.90. The summed E-state index contributed by atoms with van der Waals surface area (Å²) in [6.07, 6.45) is 0. The van der Waals surface area contributed by atoms with E-state index in [1.54, 1.807) is 54.6 Å². The first-order chi connectivity index (χ1) is 16.0. The van der Waals surface area contributed by atoms with Gasteiger partial charge in [-0.3, -0.25) is 0 Å². The summed E-state index contributed by atoms with van der Waals surface area (Å²) >= 11 is 0. The topological polar surface area (TPSA) is 50.4 Å². The second-order valence-corrected chi connectivity index (χ2v) is 7.87. The molecular weight excluding hydrogens is 422 g/mol. The molecule has 1 heterocycles. The van der Waals surface area contributed by atoms with Crippen molar-refractivity contribution in [2.24, 2.45) is 0 Å². The van der Waals surface area contributed by atoms with Gasteiger partial charge in [0.25, 0.3) is 0 Å². The van der Waals surface area contributed by atoms with E-state index in [1.807, 2.05) is 31.2 Å². The van der Waals surface area contributed by atoms with E-state index in [4.69, 9.17) is 4.74 Å². The van der Waals surface area contributed by atoms with Crippen LogP contribution in [-0.2, 0) is 10.5 Å². The molecule has 1 unspecified atom stereocenters. The number of para-hydroxylation sites is 2. The van der Waals surface area contributed by atoms with Crippen molar-refractivity contribution in [3.8, 4) is 0 Å². The third-order valence-corrected chi connectivity index (χ3v) is 5.67. The summed E-state index contributed by atoms with van der Waals surface area (Å²) in [5.74, 6) is -1.50. The van der Waals surface area contributed by atoms with Crippen LogP contribution in [0.4, 0.5) is 25.8 Å². The van der Waals surface area contributed by atoms with Crippen LogP contribution < -0.4 is 10.6 Å². The molecule has 164 valence electrons. The zero-order valence-corrected chi connectivity index (χ0v) is 17.7. The summed E-state index contributed by atoms with van der Waals surface area (Å²) in [6.45, 7) is 1.94. The largest absolute Gasteiger partial charge is 0.426 e. The van der Waals surface area contributed by atoms with Crippen LogP contribution in [0.3, 0.4) is 0 Å². The number of benzene rings is 4. The Morgan fingerprint density at radius 2 is 1.33 bits per heavy atom. The van der Waals surface area contributed by atoms with E-state index in [2.05, 4.69) is 10.6 Å². The Morgan fingerprint density at radius 3 is 2.00 bits per heavy atom. The van der Waals surface area contributed by atoms with Gasteiger partial charge in [0.05, 0.1) is 22.5 Å². The van der Waals surface area contributed by atoms with Crippen molar-refractivity contribution in [3.63, 3.8) is 0 Å². The van der Waals surface area contributed by atoms with Crippen LogP contribution in [0.25, 0.3) is 0 Å². The minimum atomic E-state index is -1.53. The molecule has 0 bridgehead atoms. The zero-order valence-electron chi connectivity index (χ0n) is 17.7. The van der Waals surface area contributed by atoms with E-state index in [1.165, 1.54) is 12.1 Å². The molecule has 5 rings (SSSR count). The van der Waals surface area contributed by atoms with Crippen molar-refractivity contribution in [2.45, 2.75) is 12.6 Å². The number of carbonyl (C=O) groups is 1. The van der Waals surface area contributed by atoms with E-state index >= 15 is 0 Å². The maximum atomic E-state index is 14.7. The number of esters is 1. The first-order valence-electron chi connectivity index (χ1n) is 10.5. The number of hydrogen-bond donors (Lipinski definition) is 2. The van der Waals surface area contributed by atoms with Crippen molar-refractivity contribution < 1.29 is 18.3 Å². The maximum Gasteiger partial charge on any atom is 0.341 e. The number of carbonyl (C=O) groups excluding carboxylic acids is 1. The van der Waals surface area contributed by atoms with Crippen LogP contribution in [0.1, 0.15) is 27.0 Å². The van der Waals surface area contributed by atoms with E-state index < -0.39 is 23.3 Å². The summed E-state index contributed by atoms with van der Waals surface area (Å²) in [5.41, 5.74) is 1.72. The van der Waals surface area contributed by atoms with Crippen molar-refractivity contribution in [1.29, 1.82) is 0 Å². The van der Waals surface area contributed by atoms with Crippen molar-refractivity contribution in [1.82, 2.24) is 0 Å². The van der Waals surface area contributed by atoms with Gasteiger partial charge in [0.15, 0.2) is 0 Å². The van der Waals surface area contributed by atoms with Gasteiger partial charge in [-0.15, -0.1) is 0 Å². The van der Waals surface area contributed by atoms with Crippen LogP contribution in [0, 0.1) is 18.6 Å². The molecule has 1 atom stereocenters. The molecule has 0 saturated heterocycles. The van der Waals surface area contributed by atoms with E-state index in [0.29, 0.717) is 22.4 Å². The van der Waals surface area contributed by atoms with Gasteiger partial charge in [-0.2, -0.15) is 0 Å². The SMILES string of the molecule is Cc1ccc(C2(Nc3ccccc3F)OC(=O)c3cccc(Nc4ccccc4F)c32)cc1. The summed E-state index contributed by atoms with van der Waals surface area (Å²) in [7, 11) is 0. The number of fused-ring (bicyclic) bond motifs is 1. The standard InChI is InChI=1S/C27H20F2N2O2/c1-17-13-15-18(16-14-17)27(31-23-11-5-3-9-21(23)29)25-19(26(32)33-27)7-6-12-24(25)30-22-10-4-2-8-20(22)28/h2-16,30-31H,1H3. The van der Waals surface area contributed by atoms with Crippen LogP contribution in [0.15, 0.2) is 91.0 Å². The van der Waals surface area contributed by atoms with Crippen molar-refractivity contribution >= 4 is 23.0 Å². The van der Waals surface area contributed by atoms with Gasteiger partial charge in [0, 0.05) is 11.3 Å². The fraction of sp³-hybridized carbons (Fsp3) is 0.0741. The molecule has 0 radical (unpaired) electrons. The van der Waals surface area contributed by atoms with Gasteiger partial charge in [-0.05, 0) is 43.3 Å². The number of halogens is 2. The number of rotatable bonds is 5. The molecule has 4 nitrogen and oxygen atoms in total. The van der Waals surface area contributed by atoms with Crippen LogP contribution in [0.2, 0.25) is 0 Å². The van der Waals surface area contributed by atoms with Gasteiger partial charge < -0.3 is 15.4 Å². The molecule has 0 saturated carbocycles. The lowest BCUT2D eigenvalue weighted by molar-refractivity contribution is 0.0213. The molecule has 1 aliphatic rings. The fourth-order valence-electron chi connectivity index (χ4n) is 4.06. The minimum Gasteiger partial charge on any atom is -0.426 e. The third-order valence-electron chi connectivity index (χ3n) is 5.67. The summed E-state index contributed by atoms with van der Waals surface area (Å²) in [4.78, 5) is 13.0. The Kier molecular flexibility index (Phi) is 5.05. The predicted molar refractivity (Wildman–Crippen MR) is 124 cm³/mol. The number of anilines is 3. The normalized spacial score (nSPS) is 16.8. The third kappa shape index (κ3) is 3.59. The number of nitrogens with one attached hydrogen (secondary N) is 2. The molecule has 0 amide bonds. The second-order valence-electron chi connectivity index (χ2n) is 7.87. The molecule has 0 fully saturated rings. The smallest absolute Gasteiger partial charge is 0.341 e. The highest BCUT2D eigenvalue weighted by molar-refractivity contribution is 5.98. The summed E-state index contributed by atoms with van der Waals surface area (Å²) in [5, 5.41) is 6.22. The van der Waals surface area contributed by atoms with Crippen LogP contribution in [0.5, 0.6) is 0 Å². The Hall–Kier alpha value is -4.19. The predicted octanol–water partition coefficient (Wildman–Crippen LogP) is 6.50. The maximum absolute atomic E-state index is 14.7. The van der Waals surface area contributed by atoms with Crippen LogP contribution in [-0.4, -0.2) is 5.97 Å². The monoisotopic (exact) mass is 442 g/mol. The van der Waals surface area contributed by atoms with E-state index in [0.717, 1.165) is 5.56 Å². The van der Waals surface area contributed by atoms with E-state index in [9.17, 15) is 13.6 Å². The Balaban J connectivity index is 1.74. The lowest BCUT2D eigenvalue weighted by Crippen LogP contribution is -2.37. The molecule has 4 aromatic carbocycles. The van der Waals surface area contributed by atoms with E-state index in [-0.39, 0.29) is 11.4 Å². The highest BCUT2D eigenvalue weighted by Gasteiger charge is 2.49. The first-order valence-corrected chi connectivity index (χ1v) is 10.5. The van der Waals surface area contributed by atoms with Crippen molar-refractivity contribution in [2.75, 3.05) is 10.6 Å². The van der Waals surface area contributed by atoms with Gasteiger partial charge in [0.1, 0.15) is 11.6 Å². The average Bonchev–Trinajstić information content (AvgIpc) is 3.11. The molecule has 0 spiro atoms. The number of cyclic esters (lactones) is 1. The first kappa shape index (κ1) is 20.7. The van der Waals surface area contributed by atoms with Crippen LogP contribution >= 0.6 is 0 Å². The Morgan fingerprint density at radius 1 is 0.727 bits per heavy atom. The molecule has 0 aromatic heterocycles. The van der Waals surface area contributed by atoms with Gasteiger partial charge in [0.2, 0.25) is 5.72 Å². The number of ether oxygens (including phenoxy) is 1. The molecule has 33 heavy (non-hydrogen) atoms. The molecule has 6 heteroatoms. The fourth-order valence-corrected chi connectivity index (χ4v) is 4.06. The van der Waals surface area contributed by atoms with Gasteiger partial charge in [-0.1, -0.05) is 60.2 Å².